The lowest BCUT2D eigenvalue weighted by molar-refractivity contribution is -0.137. The minimum Gasteiger partial charge on any atom is -0.289 e. The van der Waals surface area contributed by atoms with Crippen molar-refractivity contribution in [1.29, 1.82) is 0 Å². The van der Waals surface area contributed by atoms with Crippen molar-refractivity contribution >= 4 is 5.78 Å². The Kier molecular flexibility index (Phi) is 3.66. The van der Waals surface area contributed by atoms with Gasteiger partial charge in [0.25, 0.3) is 0 Å². The minimum atomic E-state index is -4.54. The van der Waals surface area contributed by atoms with Gasteiger partial charge >= 0.3 is 6.18 Å². The van der Waals surface area contributed by atoms with E-state index in [1.807, 2.05) is 6.07 Å². The highest BCUT2D eigenvalue weighted by atomic mass is 19.4. The van der Waals surface area contributed by atoms with Crippen LogP contribution in [0.2, 0.25) is 0 Å². The maximum absolute atomic E-state index is 13.0. The Labute approximate surface area is 115 Å². The number of benzene rings is 2. The first-order chi connectivity index (χ1) is 9.30. The van der Waals surface area contributed by atoms with E-state index in [1.165, 1.54) is 18.2 Å². The highest BCUT2D eigenvalue weighted by Gasteiger charge is 2.35. The first kappa shape index (κ1) is 14.3. The summed E-state index contributed by atoms with van der Waals surface area (Å²) in [6.45, 7) is 3.51. The van der Waals surface area contributed by atoms with Gasteiger partial charge in [0.05, 0.1) is 5.56 Å². The van der Waals surface area contributed by atoms with Crippen LogP contribution in [-0.2, 0) is 6.18 Å². The van der Waals surface area contributed by atoms with Crippen LogP contribution in [-0.4, -0.2) is 5.78 Å². The van der Waals surface area contributed by atoms with Crippen molar-refractivity contribution in [3.8, 4) is 0 Å². The summed E-state index contributed by atoms with van der Waals surface area (Å²) in [6, 6.07) is 10.0. The molecule has 2 aromatic rings. The molecular weight excluding hydrogens is 265 g/mol. The summed E-state index contributed by atoms with van der Waals surface area (Å²) in [5.74, 6) is -0.598. The third kappa shape index (κ3) is 2.74. The van der Waals surface area contributed by atoms with Crippen molar-refractivity contribution in [1.82, 2.24) is 0 Å². The normalized spacial score (nSPS) is 11.4. The maximum atomic E-state index is 13.0. The van der Waals surface area contributed by atoms with Crippen molar-refractivity contribution < 1.29 is 18.0 Å². The molecule has 0 bridgehead atoms. The number of aryl methyl sites for hydroxylation is 2. The lowest BCUT2D eigenvalue weighted by atomic mass is 9.94. The molecule has 2 aromatic carbocycles. The monoisotopic (exact) mass is 278 g/mol. The molecule has 0 heterocycles. The maximum Gasteiger partial charge on any atom is 0.417 e. The number of rotatable bonds is 2. The first-order valence-corrected chi connectivity index (χ1v) is 6.09. The van der Waals surface area contributed by atoms with E-state index in [9.17, 15) is 18.0 Å². The number of hydrogen-bond donors (Lipinski definition) is 0. The molecule has 0 aliphatic carbocycles. The number of carbonyl (C=O) groups excluding carboxylic acids is 1. The van der Waals surface area contributed by atoms with Crippen LogP contribution in [0.25, 0.3) is 0 Å². The summed E-state index contributed by atoms with van der Waals surface area (Å²) >= 11 is 0. The molecule has 0 atom stereocenters. The second-order valence-electron chi connectivity index (χ2n) is 4.69. The highest BCUT2D eigenvalue weighted by molar-refractivity contribution is 6.11. The van der Waals surface area contributed by atoms with Gasteiger partial charge in [-0.15, -0.1) is 0 Å². The Hall–Kier alpha value is -2.10. The van der Waals surface area contributed by atoms with Crippen molar-refractivity contribution in [2.45, 2.75) is 20.0 Å². The van der Waals surface area contributed by atoms with Crippen LogP contribution in [0.1, 0.15) is 32.6 Å². The van der Waals surface area contributed by atoms with E-state index < -0.39 is 17.5 Å². The molecule has 0 saturated heterocycles. The quantitative estimate of drug-likeness (QED) is 0.736. The minimum absolute atomic E-state index is 0.307. The molecule has 2 rings (SSSR count). The van der Waals surface area contributed by atoms with Crippen LogP contribution in [0, 0.1) is 13.8 Å². The third-order valence-electron chi connectivity index (χ3n) is 3.11. The zero-order chi connectivity index (χ0) is 14.9. The summed E-state index contributed by atoms with van der Waals surface area (Å²) < 4.78 is 38.9. The van der Waals surface area contributed by atoms with Gasteiger partial charge in [0.2, 0.25) is 0 Å². The summed E-state index contributed by atoms with van der Waals surface area (Å²) in [4.78, 5) is 12.4. The molecule has 0 radical (unpaired) electrons. The van der Waals surface area contributed by atoms with Crippen LogP contribution in [0.15, 0.2) is 42.5 Å². The van der Waals surface area contributed by atoms with E-state index >= 15 is 0 Å². The van der Waals surface area contributed by atoms with E-state index in [2.05, 4.69) is 0 Å². The first-order valence-electron chi connectivity index (χ1n) is 6.09. The molecule has 0 unspecified atom stereocenters. The molecule has 0 aliphatic rings. The number of hydrogen-bond acceptors (Lipinski definition) is 1. The molecule has 0 amide bonds. The highest BCUT2D eigenvalue weighted by Crippen LogP contribution is 2.33. The van der Waals surface area contributed by atoms with Gasteiger partial charge in [-0.05, 0) is 31.5 Å². The molecule has 20 heavy (non-hydrogen) atoms. The van der Waals surface area contributed by atoms with Crippen LogP contribution >= 0.6 is 0 Å². The van der Waals surface area contributed by atoms with Crippen LogP contribution in [0.4, 0.5) is 13.2 Å². The van der Waals surface area contributed by atoms with Gasteiger partial charge in [-0.25, -0.2) is 0 Å². The van der Waals surface area contributed by atoms with Gasteiger partial charge in [-0.3, -0.25) is 4.79 Å². The molecule has 1 nitrogen and oxygen atoms in total. The summed E-state index contributed by atoms with van der Waals surface area (Å²) in [6.07, 6.45) is -4.54. The van der Waals surface area contributed by atoms with E-state index in [0.717, 1.165) is 11.6 Å². The van der Waals surface area contributed by atoms with Crippen molar-refractivity contribution in [2.24, 2.45) is 0 Å². The molecule has 0 N–H and O–H groups in total. The SMILES string of the molecule is Cc1ccc(C)c(C(=O)c2ccccc2C(F)(F)F)c1. The third-order valence-corrected chi connectivity index (χ3v) is 3.11. The number of carbonyl (C=O) groups is 1. The van der Waals surface area contributed by atoms with Crippen LogP contribution < -0.4 is 0 Å². The van der Waals surface area contributed by atoms with E-state index in [-0.39, 0.29) is 5.56 Å². The van der Waals surface area contributed by atoms with Crippen LogP contribution in [0.3, 0.4) is 0 Å². The van der Waals surface area contributed by atoms with E-state index in [4.69, 9.17) is 0 Å². The van der Waals surface area contributed by atoms with E-state index in [1.54, 1.807) is 26.0 Å². The number of ketones is 1. The second kappa shape index (κ2) is 5.12. The molecular formula is C16H13F3O. The lowest BCUT2D eigenvalue weighted by Gasteiger charge is -2.13. The molecule has 0 saturated carbocycles. The topological polar surface area (TPSA) is 17.1 Å². The predicted molar refractivity (Wildman–Crippen MR) is 70.8 cm³/mol. The Morgan fingerprint density at radius 2 is 1.60 bits per heavy atom. The summed E-state index contributed by atoms with van der Waals surface area (Å²) in [5, 5.41) is 0. The van der Waals surface area contributed by atoms with Gasteiger partial charge in [-0.2, -0.15) is 13.2 Å². The average molecular weight is 278 g/mol. The van der Waals surface area contributed by atoms with Gasteiger partial charge in [-0.1, -0.05) is 35.9 Å². The largest absolute Gasteiger partial charge is 0.417 e. The molecule has 0 fully saturated rings. The van der Waals surface area contributed by atoms with Gasteiger partial charge < -0.3 is 0 Å². The zero-order valence-corrected chi connectivity index (χ0v) is 11.1. The summed E-state index contributed by atoms with van der Waals surface area (Å²) in [5.41, 5.74) is 0.599. The Morgan fingerprint density at radius 3 is 2.25 bits per heavy atom. The van der Waals surface area contributed by atoms with Gasteiger partial charge in [0, 0.05) is 11.1 Å². The van der Waals surface area contributed by atoms with Gasteiger partial charge in [0.1, 0.15) is 0 Å². The zero-order valence-electron chi connectivity index (χ0n) is 11.1. The smallest absolute Gasteiger partial charge is 0.289 e. The Balaban J connectivity index is 2.57. The Bertz CT molecular complexity index is 657. The van der Waals surface area contributed by atoms with E-state index in [0.29, 0.717) is 11.1 Å². The van der Waals surface area contributed by atoms with Crippen molar-refractivity contribution in [3.63, 3.8) is 0 Å². The number of alkyl halides is 3. The standard InChI is InChI=1S/C16H13F3O/c1-10-7-8-11(2)13(9-10)15(20)12-5-3-4-6-14(12)16(17,18)19/h3-9H,1-2H3. The Morgan fingerprint density at radius 1 is 0.950 bits per heavy atom. The van der Waals surface area contributed by atoms with Gasteiger partial charge in [0.15, 0.2) is 5.78 Å². The molecule has 4 heteroatoms. The molecule has 0 aliphatic heterocycles. The average Bonchev–Trinajstić information content (AvgIpc) is 2.40. The molecule has 104 valence electrons. The second-order valence-corrected chi connectivity index (χ2v) is 4.69. The lowest BCUT2D eigenvalue weighted by Crippen LogP contribution is -2.14. The fourth-order valence-electron chi connectivity index (χ4n) is 2.05. The summed E-state index contributed by atoms with van der Waals surface area (Å²) in [7, 11) is 0. The molecule has 0 aromatic heterocycles. The van der Waals surface area contributed by atoms with Crippen molar-refractivity contribution in [2.75, 3.05) is 0 Å². The fraction of sp³-hybridized carbons (Fsp3) is 0.188. The van der Waals surface area contributed by atoms with Crippen LogP contribution in [0.5, 0.6) is 0 Å². The molecule has 0 spiro atoms. The fourth-order valence-corrected chi connectivity index (χ4v) is 2.05. The number of halogens is 3. The predicted octanol–water partition coefficient (Wildman–Crippen LogP) is 4.55. The van der Waals surface area contributed by atoms with Crippen molar-refractivity contribution in [3.05, 3.63) is 70.3 Å².